The van der Waals surface area contributed by atoms with Gasteiger partial charge in [-0.3, -0.25) is 0 Å². The topological polar surface area (TPSA) is 29.5 Å². The molecule has 0 aliphatic carbocycles. The van der Waals surface area contributed by atoms with Gasteiger partial charge in [0.1, 0.15) is 5.75 Å². The third-order valence-electron chi connectivity index (χ3n) is 2.82. The molecule has 2 nitrogen and oxygen atoms in total. The number of aryl methyl sites for hydroxylation is 2. The standard InChI is InChI=1S/C15H18O2S/c1-11-4-3-5-14(8-11)17-10-13(9-16)15-7-6-12(2)18-15/h3-8,13,16H,9-10H2,1-2H3. The van der Waals surface area contributed by atoms with Crippen LogP contribution in [0.5, 0.6) is 5.75 Å². The van der Waals surface area contributed by atoms with Gasteiger partial charge in [0.2, 0.25) is 0 Å². The molecule has 18 heavy (non-hydrogen) atoms. The van der Waals surface area contributed by atoms with Crippen molar-refractivity contribution in [3.63, 3.8) is 0 Å². The molecule has 0 aliphatic rings. The highest BCUT2D eigenvalue weighted by atomic mass is 32.1. The Morgan fingerprint density at radius 3 is 2.67 bits per heavy atom. The number of thiophene rings is 1. The summed E-state index contributed by atoms with van der Waals surface area (Å²) < 4.78 is 5.75. The van der Waals surface area contributed by atoms with E-state index in [1.54, 1.807) is 11.3 Å². The number of hydrogen-bond donors (Lipinski definition) is 1. The molecular weight excluding hydrogens is 244 g/mol. The molecule has 0 saturated heterocycles. The normalized spacial score (nSPS) is 12.4. The third-order valence-corrected chi connectivity index (χ3v) is 3.99. The fourth-order valence-electron chi connectivity index (χ4n) is 1.80. The van der Waals surface area contributed by atoms with Gasteiger partial charge in [-0.2, -0.15) is 0 Å². The lowest BCUT2D eigenvalue weighted by Gasteiger charge is -2.14. The van der Waals surface area contributed by atoms with Gasteiger partial charge in [0.25, 0.3) is 0 Å². The van der Waals surface area contributed by atoms with E-state index in [2.05, 4.69) is 19.1 Å². The van der Waals surface area contributed by atoms with Crippen molar-refractivity contribution < 1.29 is 9.84 Å². The minimum atomic E-state index is 0.0595. The highest BCUT2D eigenvalue weighted by molar-refractivity contribution is 7.12. The van der Waals surface area contributed by atoms with Crippen molar-refractivity contribution in [2.24, 2.45) is 0 Å². The van der Waals surface area contributed by atoms with Crippen LogP contribution in [-0.4, -0.2) is 18.3 Å². The van der Waals surface area contributed by atoms with Crippen LogP contribution in [0.3, 0.4) is 0 Å². The molecule has 2 rings (SSSR count). The second kappa shape index (κ2) is 6.03. The lowest BCUT2D eigenvalue weighted by Crippen LogP contribution is -2.13. The van der Waals surface area contributed by atoms with Gasteiger partial charge in [-0.1, -0.05) is 12.1 Å². The third kappa shape index (κ3) is 3.34. The average Bonchev–Trinajstić information content (AvgIpc) is 2.77. The Morgan fingerprint density at radius 2 is 2.06 bits per heavy atom. The number of ether oxygens (including phenoxy) is 1. The molecule has 1 atom stereocenters. The lowest BCUT2D eigenvalue weighted by atomic mass is 10.1. The predicted molar refractivity (Wildman–Crippen MR) is 75.6 cm³/mol. The summed E-state index contributed by atoms with van der Waals surface area (Å²) in [5.41, 5.74) is 1.18. The summed E-state index contributed by atoms with van der Waals surface area (Å²) in [5, 5.41) is 9.45. The van der Waals surface area contributed by atoms with E-state index in [0.717, 1.165) is 5.75 Å². The SMILES string of the molecule is Cc1cccc(OCC(CO)c2ccc(C)s2)c1. The van der Waals surface area contributed by atoms with E-state index < -0.39 is 0 Å². The first-order valence-corrected chi connectivity index (χ1v) is 6.87. The molecular formula is C15H18O2S. The molecule has 0 bridgehead atoms. The van der Waals surface area contributed by atoms with Crippen LogP contribution in [0.1, 0.15) is 21.2 Å². The van der Waals surface area contributed by atoms with Crippen LogP contribution in [-0.2, 0) is 0 Å². The maximum absolute atomic E-state index is 9.45. The predicted octanol–water partition coefficient (Wildman–Crippen LogP) is 3.52. The number of benzene rings is 1. The molecule has 2 aromatic rings. The average molecular weight is 262 g/mol. The van der Waals surface area contributed by atoms with E-state index in [1.807, 2.05) is 31.2 Å². The maximum atomic E-state index is 9.45. The van der Waals surface area contributed by atoms with Gasteiger partial charge in [0.05, 0.1) is 19.1 Å². The molecule has 3 heteroatoms. The molecule has 0 fully saturated rings. The van der Waals surface area contributed by atoms with Gasteiger partial charge in [-0.25, -0.2) is 0 Å². The van der Waals surface area contributed by atoms with Gasteiger partial charge < -0.3 is 9.84 Å². The fourth-order valence-corrected chi connectivity index (χ4v) is 2.75. The number of rotatable bonds is 5. The number of aliphatic hydroxyl groups is 1. The van der Waals surface area contributed by atoms with Crippen LogP contribution in [0.25, 0.3) is 0 Å². The fraction of sp³-hybridized carbons (Fsp3) is 0.333. The Bertz CT molecular complexity index is 505. The Labute approximate surface area is 112 Å². The Hall–Kier alpha value is -1.32. The highest BCUT2D eigenvalue weighted by Crippen LogP contribution is 2.25. The molecule has 0 aliphatic heterocycles. The molecule has 1 aromatic heterocycles. The Kier molecular flexibility index (Phi) is 4.39. The van der Waals surface area contributed by atoms with Crippen molar-refractivity contribution in [1.29, 1.82) is 0 Å². The van der Waals surface area contributed by atoms with Gasteiger partial charge in [-0.05, 0) is 43.7 Å². The van der Waals surface area contributed by atoms with E-state index in [1.165, 1.54) is 15.3 Å². The first kappa shape index (κ1) is 13.1. The Morgan fingerprint density at radius 1 is 1.22 bits per heavy atom. The first-order chi connectivity index (χ1) is 8.69. The molecule has 1 aromatic carbocycles. The van der Waals surface area contributed by atoms with E-state index in [4.69, 9.17) is 4.74 Å². The summed E-state index contributed by atoms with van der Waals surface area (Å²) in [7, 11) is 0. The van der Waals surface area contributed by atoms with E-state index >= 15 is 0 Å². The molecule has 1 unspecified atom stereocenters. The monoisotopic (exact) mass is 262 g/mol. The second-order valence-electron chi connectivity index (χ2n) is 4.46. The van der Waals surface area contributed by atoms with Crippen LogP contribution in [0.4, 0.5) is 0 Å². The summed E-state index contributed by atoms with van der Waals surface area (Å²) >= 11 is 1.72. The maximum Gasteiger partial charge on any atom is 0.119 e. The largest absolute Gasteiger partial charge is 0.493 e. The molecule has 0 saturated carbocycles. The van der Waals surface area contributed by atoms with Crippen LogP contribution in [0.15, 0.2) is 36.4 Å². The summed E-state index contributed by atoms with van der Waals surface area (Å²) in [6, 6.07) is 12.1. The van der Waals surface area contributed by atoms with Gasteiger partial charge in [0.15, 0.2) is 0 Å². The van der Waals surface area contributed by atoms with Crippen molar-refractivity contribution in [3.8, 4) is 5.75 Å². The Balaban J connectivity index is 1.99. The van der Waals surface area contributed by atoms with Crippen molar-refractivity contribution >= 4 is 11.3 Å². The zero-order chi connectivity index (χ0) is 13.0. The zero-order valence-corrected chi connectivity index (χ0v) is 11.5. The van der Waals surface area contributed by atoms with Crippen molar-refractivity contribution in [2.45, 2.75) is 19.8 Å². The summed E-state index contributed by atoms with van der Waals surface area (Å²) in [5.74, 6) is 0.922. The van der Waals surface area contributed by atoms with Gasteiger partial charge >= 0.3 is 0 Å². The molecule has 1 heterocycles. The van der Waals surface area contributed by atoms with Crippen LogP contribution >= 0.6 is 11.3 Å². The van der Waals surface area contributed by atoms with Crippen molar-refractivity contribution in [1.82, 2.24) is 0 Å². The van der Waals surface area contributed by atoms with Crippen LogP contribution < -0.4 is 4.74 Å². The number of hydrogen-bond acceptors (Lipinski definition) is 3. The van der Waals surface area contributed by atoms with Gasteiger partial charge in [0, 0.05) is 9.75 Å². The zero-order valence-electron chi connectivity index (χ0n) is 10.7. The van der Waals surface area contributed by atoms with Crippen molar-refractivity contribution in [3.05, 3.63) is 51.7 Å². The van der Waals surface area contributed by atoms with E-state index in [9.17, 15) is 5.11 Å². The minimum absolute atomic E-state index is 0.0595. The summed E-state index contributed by atoms with van der Waals surface area (Å²) in [6.45, 7) is 4.74. The van der Waals surface area contributed by atoms with Gasteiger partial charge in [-0.15, -0.1) is 11.3 Å². The lowest BCUT2D eigenvalue weighted by molar-refractivity contribution is 0.207. The smallest absolute Gasteiger partial charge is 0.119 e. The highest BCUT2D eigenvalue weighted by Gasteiger charge is 2.13. The molecule has 0 radical (unpaired) electrons. The van der Waals surface area contributed by atoms with E-state index in [-0.39, 0.29) is 12.5 Å². The molecule has 0 amide bonds. The molecule has 0 spiro atoms. The number of aliphatic hydroxyl groups excluding tert-OH is 1. The van der Waals surface area contributed by atoms with Crippen molar-refractivity contribution in [2.75, 3.05) is 13.2 Å². The summed E-state index contributed by atoms with van der Waals surface area (Å²) in [6.07, 6.45) is 0. The van der Waals surface area contributed by atoms with Crippen LogP contribution in [0, 0.1) is 13.8 Å². The first-order valence-electron chi connectivity index (χ1n) is 6.05. The summed E-state index contributed by atoms with van der Waals surface area (Å²) in [4.78, 5) is 2.45. The second-order valence-corrected chi connectivity index (χ2v) is 5.77. The molecule has 1 N–H and O–H groups in total. The minimum Gasteiger partial charge on any atom is -0.493 e. The van der Waals surface area contributed by atoms with Crippen LogP contribution in [0.2, 0.25) is 0 Å². The molecule has 96 valence electrons. The van der Waals surface area contributed by atoms with E-state index in [0.29, 0.717) is 6.61 Å². The quantitative estimate of drug-likeness (QED) is 0.893.